The molecule has 1 aliphatic carbocycles. The summed E-state index contributed by atoms with van der Waals surface area (Å²) in [5, 5.41) is 0. The summed E-state index contributed by atoms with van der Waals surface area (Å²) >= 11 is 0. The summed E-state index contributed by atoms with van der Waals surface area (Å²) < 4.78 is 0. The van der Waals surface area contributed by atoms with E-state index in [0.29, 0.717) is 0 Å². The molecule has 0 saturated heterocycles. The second kappa shape index (κ2) is 6.02. The van der Waals surface area contributed by atoms with Gasteiger partial charge in [0, 0.05) is 0 Å². The van der Waals surface area contributed by atoms with E-state index in [4.69, 9.17) is 5.73 Å². The van der Waals surface area contributed by atoms with Crippen molar-refractivity contribution in [2.24, 2.45) is 5.73 Å². The molecule has 0 bridgehead atoms. The number of hydrogen-bond acceptors (Lipinski definition) is 1. The third-order valence-corrected chi connectivity index (χ3v) is 3.72. The van der Waals surface area contributed by atoms with Crippen LogP contribution in [0.5, 0.6) is 0 Å². The van der Waals surface area contributed by atoms with Crippen molar-refractivity contribution in [3.8, 4) is 0 Å². The van der Waals surface area contributed by atoms with Crippen LogP contribution in [0.2, 0.25) is 0 Å². The van der Waals surface area contributed by atoms with Crippen molar-refractivity contribution in [3.05, 3.63) is 47.0 Å². The smallest absolute Gasteiger partial charge is 0.00425 e. The maximum Gasteiger partial charge on any atom is -0.00425 e. The lowest BCUT2D eigenvalue weighted by molar-refractivity contribution is 0.548. The molecule has 92 valence electrons. The Bertz CT molecular complexity index is 392. The molecule has 2 rings (SSSR count). The van der Waals surface area contributed by atoms with Gasteiger partial charge in [-0.2, -0.15) is 0 Å². The summed E-state index contributed by atoms with van der Waals surface area (Å²) in [6.45, 7) is 3.01. The van der Waals surface area contributed by atoms with Gasteiger partial charge in [-0.3, -0.25) is 0 Å². The Labute approximate surface area is 105 Å². The van der Waals surface area contributed by atoms with Crippen molar-refractivity contribution in [3.63, 3.8) is 0 Å². The molecule has 0 aliphatic heterocycles. The Balaban J connectivity index is 2.08. The second-order valence-electron chi connectivity index (χ2n) is 5.12. The highest BCUT2D eigenvalue weighted by Crippen LogP contribution is 2.35. The lowest BCUT2D eigenvalue weighted by Crippen LogP contribution is -2.10. The van der Waals surface area contributed by atoms with Crippen LogP contribution in [-0.4, -0.2) is 6.54 Å². The first-order chi connectivity index (χ1) is 8.31. The molecule has 0 spiro atoms. The lowest BCUT2D eigenvalue weighted by atomic mass is 9.79. The quantitative estimate of drug-likeness (QED) is 0.781. The molecule has 17 heavy (non-hydrogen) atoms. The van der Waals surface area contributed by atoms with E-state index in [1.807, 2.05) is 0 Å². The average Bonchev–Trinajstić information content (AvgIpc) is 2.37. The van der Waals surface area contributed by atoms with Gasteiger partial charge in [0.1, 0.15) is 0 Å². The second-order valence-corrected chi connectivity index (χ2v) is 5.12. The molecule has 1 unspecified atom stereocenters. The zero-order valence-electron chi connectivity index (χ0n) is 10.8. The highest BCUT2D eigenvalue weighted by Gasteiger charge is 2.19. The van der Waals surface area contributed by atoms with Crippen molar-refractivity contribution in [1.82, 2.24) is 0 Å². The molecule has 1 aromatic carbocycles. The van der Waals surface area contributed by atoms with E-state index >= 15 is 0 Å². The first kappa shape index (κ1) is 12.4. The van der Waals surface area contributed by atoms with Crippen molar-refractivity contribution in [2.45, 2.75) is 44.9 Å². The zero-order chi connectivity index (χ0) is 12.1. The molecule has 0 amide bonds. The molecular weight excluding hydrogens is 206 g/mol. The first-order valence-electron chi connectivity index (χ1n) is 6.74. The molecule has 1 heteroatoms. The van der Waals surface area contributed by atoms with Crippen LogP contribution in [0.4, 0.5) is 0 Å². The Kier molecular flexibility index (Phi) is 4.38. The minimum Gasteiger partial charge on any atom is -0.330 e. The Hall–Kier alpha value is -1.08. The van der Waals surface area contributed by atoms with E-state index in [1.54, 1.807) is 11.1 Å². The van der Waals surface area contributed by atoms with Crippen molar-refractivity contribution >= 4 is 0 Å². The van der Waals surface area contributed by atoms with Gasteiger partial charge in [-0.05, 0) is 62.6 Å². The molecule has 2 N–H and O–H groups in total. The van der Waals surface area contributed by atoms with Crippen LogP contribution < -0.4 is 5.73 Å². The summed E-state index contributed by atoms with van der Waals surface area (Å²) in [7, 11) is 0. The minimum absolute atomic E-state index is 0.731. The Morgan fingerprint density at radius 1 is 1.41 bits per heavy atom. The largest absolute Gasteiger partial charge is 0.330 e. The van der Waals surface area contributed by atoms with Crippen LogP contribution in [0, 0.1) is 0 Å². The van der Waals surface area contributed by atoms with Crippen LogP contribution in [0.15, 0.2) is 35.9 Å². The van der Waals surface area contributed by atoms with Crippen LogP contribution in [0.25, 0.3) is 0 Å². The number of fused-ring (bicyclic) bond motifs is 1. The van der Waals surface area contributed by atoms with Gasteiger partial charge in [0.15, 0.2) is 0 Å². The highest BCUT2D eigenvalue weighted by atomic mass is 14.5. The molecule has 0 heterocycles. The van der Waals surface area contributed by atoms with Crippen LogP contribution in [0.1, 0.15) is 49.7 Å². The third-order valence-electron chi connectivity index (χ3n) is 3.72. The molecule has 1 aliphatic rings. The Morgan fingerprint density at radius 3 is 3.06 bits per heavy atom. The van der Waals surface area contributed by atoms with Gasteiger partial charge in [-0.25, -0.2) is 0 Å². The minimum atomic E-state index is 0.731. The van der Waals surface area contributed by atoms with E-state index in [2.05, 4.69) is 37.3 Å². The van der Waals surface area contributed by atoms with Gasteiger partial charge in [0.25, 0.3) is 0 Å². The number of hydrogen-bond donors (Lipinski definition) is 1. The van der Waals surface area contributed by atoms with Crippen molar-refractivity contribution in [2.75, 3.05) is 6.54 Å². The molecule has 1 atom stereocenters. The summed E-state index contributed by atoms with van der Waals surface area (Å²) in [6, 6.07) is 8.95. The predicted octanol–water partition coefficient (Wildman–Crippen LogP) is 3.79. The Morgan fingerprint density at radius 2 is 2.24 bits per heavy atom. The average molecular weight is 229 g/mol. The molecular formula is C16H23N. The van der Waals surface area contributed by atoms with E-state index in [-0.39, 0.29) is 0 Å². The number of rotatable bonds is 4. The lowest BCUT2D eigenvalue weighted by Gasteiger charge is -2.25. The van der Waals surface area contributed by atoms with E-state index in [0.717, 1.165) is 18.9 Å². The van der Waals surface area contributed by atoms with Gasteiger partial charge in [0.2, 0.25) is 0 Å². The van der Waals surface area contributed by atoms with Gasteiger partial charge >= 0.3 is 0 Å². The number of allylic oxidation sites excluding steroid dienone is 1. The predicted molar refractivity (Wildman–Crippen MR) is 74.2 cm³/mol. The molecule has 0 radical (unpaired) electrons. The molecule has 0 saturated carbocycles. The first-order valence-corrected chi connectivity index (χ1v) is 6.74. The topological polar surface area (TPSA) is 26.0 Å². The van der Waals surface area contributed by atoms with Crippen LogP contribution in [-0.2, 0) is 6.42 Å². The number of nitrogens with two attached hydrogens (primary N) is 1. The van der Waals surface area contributed by atoms with E-state index < -0.39 is 0 Å². The van der Waals surface area contributed by atoms with E-state index in [1.165, 1.54) is 31.3 Å². The third kappa shape index (κ3) is 3.19. The van der Waals surface area contributed by atoms with E-state index in [9.17, 15) is 0 Å². The summed E-state index contributed by atoms with van der Waals surface area (Å²) in [5.74, 6) is 0.731. The van der Waals surface area contributed by atoms with Crippen LogP contribution in [0.3, 0.4) is 0 Å². The number of benzene rings is 1. The summed E-state index contributed by atoms with van der Waals surface area (Å²) in [4.78, 5) is 0. The van der Waals surface area contributed by atoms with Gasteiger partial charge in [0.05, 0.1) is 0 Å². The summed E-state index contributed by atoms with van der Waals surface area (Å²) in [6.07, 6.45) is 8.46. The monoisotopic (exact) mass is 229 g/mol. The standard InChI is InChI=1S/C16H23N/c1-13(6-5-11-17)12-15-9-4-8-14-7-2-3-10-16(14)15/h2-3,6-7,10,15H,4-5,8-9,11-12,17H2,1H3. The number of aryl methyl sites for hydroxylation is 1. The highest BCUT2D eigenvalue weighted by molar-refractivity contribution is 5.33. The maximum absolute atomic E-state index is 5.54. The fourth-order valence-electron chi connectivity index (χ4n) is 2.87. The molecule has 1 nitrogen and oxygen atoms in total. The maximum atomic E-state index is 5.54. The summed E-state index contributed by atoms with van der Waals surface area (Å²) in [5.41, 5.74) is 10.2. The molecule has 1 aromatic rings. The zero-order valence-corrected chi connectivity index (χ0v) is 10.8. The van der Waals surface area contributed by atoms with Gasteiger partial charge in [-0.15, -0.1) is 0 Å². The van der Waals surface area contributed by atoms with Gasteiger partial charge in [-0.1, -0.05) is 35.9 Å². The normalized spacial score (nSPS) is 20.1. The van der Waals surface area contributed by atoms with Crippen LogP contribution >= 0.6 is 0 Å². The molecule has 0 fully saturated rings. The van der Waals surface area contributed by atoms with Crippen molar-refractivity contribution in [1.29, 1.82) is 0 Å². The fourth-order valence-corrected chi connectivity index (χ4v) is 2.87. The molecule has 0 aromatic heterocycles. The SMILES string of the molecule is CC(=CCCN)CC1CCCc2ccccc21. The fraction of sp³-hybridized carbons (Fsp3) is 0.500. The van der Waals surface area contributed by atoms with Gasteiger partial charge < -0.3 is 5.73 Å². The van der Waals surface area contributed by atoms with Crippen molar-refractivity contribution < 1.29 is 0 Å².